The summed E-state index contributed by atoms with van der Waals surface area (Å²) in [5.41, 5.74) is 1.38. The Morgan fingerprint density at radius 2 is 2.00 bits per heavy atom. The number of hydrogen-bond donors (Lipinski definition) is 1. The zero-order chi connectivity index (χ0) is 13.8. The van der Waals surface area contributed by atoms with E-state index in [2.05, 4.69) is 53.9 Å². The van der Waals surface area contributed by atoms with Gasteiger partial charge >= 0.3 is 0 Å². The molecular formula is C16H23ClIN. The lowest BCUT2D eigenvalue weighted by atomic mass is 9.77. The van der Waals surface area contributed by atoms with Crippen molar-refractivity contribution in [3.63, 3.8) is 0 Å². The predicted octanol–water partition coefficient (Wildman–Crippen LogP) is 5.42. The van der Waals surface area contributed by atoms with E-state index >= 15 is 0 Å². The lowest BCUT2D eigenvalue weighted by Crippen LogP contribution is -2.31. The van der Waals surface area contributed by atoms with Crippen LogP contribution in [0.3, 0.4) is 0 Å². The summed E-state index contributed by atoms with van der Waals surface area (Å²) in [7, 11) is 0. The summed E-state index contributed by atoms with van der Waals surface area (Å²) in [6.45, 7) is 5.58. The topological polar surface area (TPSA) is 12.0 Å². The first kappa shape index (κ1) is 15.6. The summed E-state index contributed by atoms with van der Waals surface area (Å²) in [5, 5.41) is 4.54. The van der Waals surface area contributed by atoms with Crippen molar-refractivity contribution in [2.45, 2.75) is 45.6 Å². The minimum Gasteiger partial charge on any atom is -0.310 e. The second-order valence-electron chi connectivity index (χ2n) is 5.72. The normalized spacial score (nSPS) is 25.3. The molecule has 1 aliphatic carbocycles. The average molecular weight is 392 g/mol. The third kappa shape index (κ3) is 4.08. The van der Waals surface area contributed by atoms with Crippen LogP contribution in [0.1, 0.15) is 51.1 Å². The molecule has 0 saturated heterocycles. The second kappa shape index (κ2) is 7.28. The van der Waals surface area contributed by atoms with E-state index in [1.807, 2.05) is 6.07 Å². The number of nitrogens with one attached hydrogen (secondary N) is 1. The fourth-order valence-corrected chi connectivity index (χ4v) is 3.97. The van der Waals surface area contributed by atoms with Crippen LogP contribution in [0.15, 0.2) is 18.2 Å². The maximum absolute atomic E-state index is 6.19. The molecule has 106 valence electrons. The molecule has 1 aromatic rings. The molecule has 0 amide bonds. The summed E-state index contributed by atoms with van der Waals surface area (Å²) in [5.74, 6) is 1.65. The van der Waals surface area contributed by atoms with Crippen LogP contribution < -0.4 is 5.32 Å². The molecule has 1 atom stereocenters. The van der Waals surface area contributed by atoms with Gasteiger partial charge in [-0.3, -0.25) is 0 Å². The van der Waals surface area contributed by atoms with Crippen molar-refractivity contribution >= 4 is 34.2 Å². The molecule has 0 aromatic heterocycles. The first-order valence-electron chi connectivity index (χ1n) is 7.30. The molecule has 1 saturated carbocycles. The molecule has 19 heavy (non-hydrogen) atoms. The van der Waals surface area contributed by atoms with Crippen LogP contribution in [0.25, 0.3) is 0 Å². The van der Waals surface area contributed by atoms with Crippen LogP contribution in [-0.2, 0) is 0 Å². The van der Waals surface area contributed by atoms with E-state index in [0.29, 0.717) is 6.04 Å². The van der Waals surface area contributed by atoms with Crippen LogP contribution in [0.2, 0.25) is 5.02 Å². The van der Waals surface area contributed by atoms with Gasteiger partial charge in [-0.25, -0.2) is 0 Å². The molecular weight excluding hydrogens is 369 g/mol. The summed E-state index contributed by atoms with van der Waals surface area (Å²) in [6.07, 6.45) is 5.40. The van der Waals surface area contributed by atoms with Crippen LogP contribution in [0, 0.1) is 15.4 Å². The highest BCUT2D eigenvalue weighted by atomic mass is 127. The second-order valence-corrected chi connectivity index (χ2v) is 7.32. The molecule has 2 rings (SSSR count). The zero-order valence-corrected chi connectivity index (χ0v) is 14.7. The van der Waals surface area contributed by atoms with Gasteiger partial charge in [0.2, 0.25) is 0 Å². The lowest BCUT2D eigenvalue weighted by molar-refractivity contribution is 0.232. The van der Waals surface area contributed by atoms with Crippen molar-refractivity contribution in [1.82, 2.24) is 5.32 Å². The van der Waals surface area contributed by atoms with E-state index < -0.39 is 0 Å². The summed E-state index contributed by atoms with van der Waals surface area (Å²) >= 11 is 8.63. The highest BCUT2D eigenvalue weighted by molar-refractivity contribution is 14.1. The molecule has 0 heterocycles. The van der Waals surface area contributed by atoms with Crippen molar-refractivity contribution in [2.24, 2.45) is 11.8 Å². The SMILES string of the molecule is CCNC(c1cc(Cl)ccc1I)C1CCC(C)CC1. The van der Waals surface area contributed by atoms with Crippen molar-refractivity contribution < 1.29 is 0 Å². The van der Waals surface area contributed by atoms with Gasteiger partial charge in [0.25, 0.3) is 0 Å². The zero-order valence-electron chi connectivity index (χ0n) is 11.8. The number of benzene rings is 1. The summed E-state index contributed by atoms with van der Waals surface area (Å²) in [6, 6.07) is 6.73. The predicted molar refractivity (Wildman–Crippen MR) is 91.7 cm³/mol. The Kier molecular flexibility index (Phi) is 5.97. The molecule has 3 heteroatoms. The van der Waals surface area contributed by atoms with E-state index in [9.17, 15) is 0 Å². The van der Waals surface area contributed by atoms with E-state index in [-0.39, 0.29) is 0 Å². The molecule has 0 aliphatic heterocycles. The fourth-order valence-electron chi connectivity index (χ4n) is 3.12. The maximum atomic E-state index is 6.19. The van der Waals surface area contributed by atoms with Crippen LogP contribution in [-0.4, -0.2) is 6.54 Å². The minimum absolute atomic E-state index is 0.461. The van der Waals surface area contributed by atoms with Crippen molar-refractivity contribution in [3.8, 4) is 0 Å². The van der Waals surface area contributed by atoms with Gasteiger partial charge in [0.15, 0.2) is 0 Å². The Labute approximate surface area is 135 Å². The standard InChI is InChI=1S/C16H23ClIN/c1-3-19-16(12-6-4-11(2)5-7-12)14-10-13(17)8-9-15(14)18/h8-12,16,19H,3-7H2,1-2H3. The van der Waals surface area contributed by atoms with Gasteiger partial charge in [0.05, 0.1) is 0 Å². The molecule has 1 aliphatic rings. The quantitative estimate of drug-likeness (QED) is 0.676. The first-order valence-corrected chi connectivity index (χ1v) is 8.75. The minimum atomic E-state index is 0.461. The van der Waals surface area contributed by atoms with E-state index in [4.69, 9.17) is 11.6 Å². The fraction of sp³-hybridized carbons (Fsp3) is 0.625. The average Bonchev–Trinajstić information content (AvgIpc) is 2.40. The Morgan fingerprint density at radius 1 is 1.32 bits per heavy atom. The van der Waals surface area contributed by atoms with Gasteiger partial charge < -0.3 is 5.32 Å². The highest BCUT2D eigenvalue weighted by Gasteiger charge is 2.27. The van der Waals surface area contributed by atoms with Crippen LogP contribution >= 0.6 is 34.2 Å². The van der Waals surface area contributed by atoms with Crippen molar-refractivity contribution in [2.75, 3.05) is 6.54 Å². The van der Waals surface area contributed by atoms with Gasteiger partial charge in [0, 0.05) is 14.6 Å². The molecule has 1 nitrogen and oxygen atoms in total. The van der Waals surface area contributed by atoms with Crippen LogP contribution in [0.5, 0.6) is 0 Å². The molecule has 1 fully saturated rings. The first-order chi connectivity index (χ1) is 9.11. The Bertz CT molecular complexity index is 413. The van der Waals surface area contributed by atoms with Gasteiger partial charge in [-0.1, -0.05) is 38.3 Å². The van der Waals surface area contributed by atoms with Crippen molar-refractivity contribution in [1.29, 1.82) is 0 Å². The number of rotatable bonds is 4. The number of hydrogen-bond acceptors (Lipinski definition) is 1. The van der Waals surface area contributed by atoms with Crippen LogP contribution in [0.4, 0.5) is 0 Å². The van der Waals surface area contributed by atoms with Gasteiger partial charge in [-0.05, 0) is 77.6 Å². The molecule has 1 unspecified atom stereocenters. The highest BCUT2D eigenvalue weighted by Crippen LogP contribution is 2.38. The molecule has 1 N–H and O–H groups in total. The Hall–Kier alpha value is 0.200. The van der Waals surface area contributed by atoms with Crippen molar-refractivity contribution in [3.05, 3.63) is 32.4 Å². The molecule has 0 spiro atoms. The molecule has 0 bridgehead atoms. The monoisotopic (exact) mass is 391 g/mol. The van der Waals surface area contributed by atoms with E-state index in [1.54, 1.807) is 0 Å². The molecule has 1 aromatic carbocycles. The largest absolute Gasteiger partial charge is 0.310 e. The third-order valence-electron chi connectivity index (χ3n) is 4.25. The smallest absolute Gasteiger partial charge is 0.0410 e. The van der Waals surface area contributed by atoms with Gasteiger partial charge in [-0.2, -0.15) is 0 Å². The Morgan fingerprint density at radius 3 is 2.63 bits per heavy atom. The number of halogens is 2. The summed E-state index contributed by atoms with van der Waals surface area (Å²) in [4.78, 5) is 0. The third-order valence-corrected chi connectivity index (χ3v) is 5.47. The lowest BCUT2D eigenvalue weighted by Gasteiger charge is -2.34. The van der Waals surface area contributed by atoms with Gasteiger partial charge in [0.1, 0.15) is 0 Å². The van der Waals surface area contributed by atoms with E-state index in [1.165, 1.54) is 34.8 Å². The Balaban J connectivity index is 2.21. The summed E-state index contributed by atoms with van der Waals surface area (Å²) < 4.78 is 1.33. The van der Waals surface area contributed by atoms with Gasteiger partial charge in [-0.15, -0.1) is 0 Å². The maximum Gasteiger partial charge on any atom is 0.0410 e. The van der Waals surface area contributed by atoms with E-state index in [0.717, 1.165) is 23.4 Å². The molecule has 0 radical (unpaired) electrons.